The fourth-order valence-electron chi connectivity index (χ4n) is 3.02. The summed E-state index contributed by atoms with van der Waals surface area (Å²) < 4.78 is 5.26. The Morgan fingerprint density at radius 1 is 1.11 bits per heavy atom. The van der Waals surface area contributed by atoms with Gasteiger partial charge in [-0.05, 0) is 50.1 Å². The van der Waals surface area contributed by atoms with E-state index < -0.39 is 12.1 Å². The van der Waals surface area contributed by atoms with Crippen LogP contribution in [0.3, 0.4) is 0 Å². The van der Waals surface area contributed by atoms with Gasteiger partial charge in [-0.3, -0.25) is 9.59 Å². The number of amides is 2. The van der Waals surface area contributed by atoms with Crippen LogP contribution in [0.5, 0.6) is 0 Å². The first-order chi connectivity index (χ1) is 13.4. The number of ether oxygens (including phenoxy) is 1. The van der Waals surface area contributed by atoms with Gasteiger partial charge in [-0.25, -0.2) is 4.79 Å². The smallest absolute Gasteiger partial charge is 0.338 e. The first-order valence-corrected chi connectivity index (χ1v) is 9.39. The summed E-state index contributed by atoms with van der Waals surface area (Å²) in [6, 6.07) is 14.5. The van der Waals surface area contributed by atoms with Crippen molar-refractivity contribution in [1.82, 2.24) is 5.32 Å². The summed E-state index contributed by atoms with van der Waals surface area (Å²) in [5.74, 6) is -0.834. The highest BCUT2D eigenvalue weighted by Crippen LogP contribution is 2.22. The molecule has 0 spiro atoms. The summed E-state index contributed by atoms with van der Waals surface area (Å²) in [7, 11) is 0. The third kappa shape index (κ3) is 4.76. The lowest BCUT2D eigenvalue weighted by atomic mass is 10.1. The zero-order valence-electron chi connectivity index (χ0n) is 16.1. The largest absolute Gasteiger partial charge is 0.449 e. The standard InChI is InChI=1S/C22H24N2O4/c1-15-5-7-17(8-6-15)14-23-21(26)16(2)28-22(27)18-9-11-19(12-10-18)24-13-3-4-20(24)25/h5-12,16H,3-4,13-14H2,1-2H3,(H,23,26)/t16-/m1/s1. The van der Waals surface area contributed by atoms with E-state index in [-0.39, 0.29) is 11.8 Å². The van der Waals surface area contributed by atoms with Gasteiger partial charge < -0.3 is 15.0 Å². The zero-order chi connectivity index (χ0) is 20.1. The van der Waals surface area contributed by atoms with Crippen molar-refractivity contribution in [3.05, 3.63) is 65.2 Å². The number of aryl methyl sites for hydroxylation is 1. The maximum Gasteiger partial charge on any atom is 0.338 e. The molecule has 0 aromatic heterocycles. The average Bonchev–Trinajstić information content (AvgIpc) is 3.13. The molecule has 2 aromatic carbocycles. The van der Waals surface area contributed by atoms with E-state index in [0.29, 0.717) is 25.1 Å². The normalized spacial score (nSPS) is 14.6. The molecular formula is C22H24N2O4. The zero-order valence-corrected chi connectivity index (χ0v) is 16.1. The summed E-state index contributed by atoms with van der Waals surface area (Å²) in [5.41, 5.74) is 3.23. The van der Waals surface area contributed by atoms with Crippen LogP contribution in [0.1, 0.15) is 41.3 Å². The first-order valence-electron chi connectivity index (χ1n) is 9.39. The molecule has 6 heteroatoms. The van der Waals surface area contributed by atoms with E-state index in [1.54, 1.807) is 36.1 Å². The van der Waals surface area contributed by atoms with Crippen LogP contribution in [0.25, 0.3) is 0 Å². The molecule has 28 heavy (non-hydrogen) atoms. The van der Waals surface area contributed by atoms with Crippen molar-refractivity contribution >= 4 is 23.5 Å². The number of carbonyl (C=O) groups excluding carboxylic acids is 3. The molecule has 1 atom stereocenters. The molecule has 2 amide bonds. The van der Waals surface area contributed by atoms with E-state index in [2.05, 4.69) is 5.32 Å². The second kappa shape index (κ2) is 8.69. The Kier molecular flexibility index (Phi) is 6.09. The first kappa shape index (κ1) is 19.6. The number of benzene rings is 2. The highest BCUT2D eigenvalue weighted by atomic mass is 16.5. The highest BCUT2D eigenvalue weighted by Gasteiger charge is 2.22. The van der Waals surface area contributed by atoms with Crippen LogP contribution < -0.4 is 10.2 Å². The molecule has 1 fully saturated rings. The molecule has 1 heterocycles. The van der Waals surface area contributed by atoms with Crippen LogP contribution in [-0.4, -0.2) is 30.4 Å². The van der Waals surface area contributed by atoms with Crippen molar-refractivity contribution in [3.63, 3.8) is 0 Å². The topological polar surface area (TPSA) is 75.7 Å². The van der Waals surface area contributed by atoms with Crippen molar-refractivity contribution in [2.75, 3.05) is 11.4 Å². The lowest BCUT2D eigenvalue weighted by molar-refractivity contribution is -0.129. The maximum absolute atomic E-state index is 12.3. The second-order valence-electron chi connectivity index (χ2n) is 6.95. The predicted octanol–water partition coefficient (Wildman–Crippen LogP) is 2.98. The predicted molar refractivity (Wildman–Crippen MR) is 106 cm³/mol. The fraction of sp³-hybridized carbons (Fsp3) is 0.318. The molecule has 1 aliphatic rings. The number of nitrogens with one attached hydrogen (secondary N) is 1. The molecule has 0 radical (unpaired) electrons. The molecule has 2 aromatic rings. The van der Waals surface area contributed by atoms with Crippen LogP contribution in [-0.2, 0) is 20.9 Å². The van der Waals surface area contributed by atoms with Gasteiger partial charge in [-0.1, -0.05) is 29.8 Å². The Bertz CT molecular complexity index is 859. The molecule has 1 saturated heterocycles. The van der Waals surface area contributed by atoms with Crippen LogP contribution in [0.4, 0.5) is 5.69 Å². The van der Waals surface area contributed by atoms with Crippen molar-refractivity contribution < 1.29 is 19.1 Å². The summed E-state index contributed by atoms with van der Waals surface area (Å²) in [4.78, 5) is 38.0. The highest BCUT2D eigenvalue weighted by molar-refractivity contribution is 5.96. The fourth-order valence-corrected chi connectivity index (χ4v) is 3.02. The molecule has 1 aliphatic heterocycles. The van der Waals surface area contributed by atoms with Crippen molar-refractivity contribution in [2.24, 2.45) is 0 Å². The minimum Gasteiger partial charge on any atom is -0.449 e. The van der Waals surface area contributed by atoms with Gasteiger partial charge in [0.15, 0.2) is 6.10 Å². The van der Waals surface area contributed by atoms with E-state index in [1.807, 2.05) is 31.2 Å². The van der Waals surface area contributed by atoms with Crippen molar-refractivity contribution in [3.8, 4) is 0 Å². The molecule has 3 rings (SSSR count). The Balaban J connectivity index is 1.52. The Morgan fingerprint density at radius 3 is 2.39 bits per heavy atom. The van der Waals surface area contributed by atoms with Gasteiger partial charge in [0.1, 0.15) is 0 Å². The van der Waals surface area contributed by atoms with Gasteiger partial charge in [-0.2, -0.15) is 0 Å². The van der Waals surface area contributed by atoms with E-state index in [4.69, 9.17) is 4.74 Å². The minimum atomic E-state index is -0.905. The van der Waals surface area contributed by atoms with Gasteiger partial charge in [0.25, 0.3) is 5.91 Å². The molecule has 6 nitrogen and oxygen atoms in total. The van der Waals surface area contributed by atoms with Crippen LogP contribution >= 0.6 is 0 Å². The van der Waals surface area contributed by atoms with Crippen LogP contribution in [0, 0.1) is 6.92 Å². The minimum absolute atomic E-state index is 0.0918. The third-order valence-corrected chi connectivity index (χ3v) is 4.73. The monoisotopic (exact) mass is 380 g/mol. The van der Waals surface area contributed by atoms with Crippen LogP contribution in [0.15, 0.2) is 48.5 Å². The molecule has 1 N–H and O–H groups in total. The number of hydrogen-bond acceptors (Lipinski definition) is 4. The molecular weight excluding hydrogens is 356 g/mol. The summed E-state index contributed by atoms with van der Waals surface area (Å²) >= 11 is 0. The number of nitrogens with zero attached hydrogens (tertiary/aromatic N) is 1. The molecule has 0 unspecified atom stereocenters. The lowest BCUT2D eigenvalue weighted by Crippen LogP contribution is -2.35. The number of anilines is 1. The van der Waals surface area contributed by atoms with E-state index in [1.165, 1.54) is 0 Å². The Labute approximate surface area is 164 Å². The van der Waals surface area contributed by atoms with Gasteiger partial charge in [-0.15, -0.1) is 0 Å². The third-order valence-electron chi connectivity index (χ3n) is 4.73. The number of esters is 1. The van der Waals surface area contributed by atoms with Gasteiger partial charge in [0, 0.05) is 25.2 Å². The van der Waals surface area contributed by atoms with Crippen LogP contribution in [0.2, 0.25) is 0 Å². The number of hydrogen-bond donors (Lipinski definition) is 1. The lowest BCUT2D eigenvalue weighted by Gasteiger charge is -2.16. The van der Waals surface area contributed by atoms with E-state index in [0.717, 1.165) is 23.2 Å². The maximum atomic E-state index is 12.3. The summed E-state index contributed by atoms with van der Waals surface area (Å²) in [5, 5.41) is 2.77. The molecule has 0 saturated carbocycles. The Morgan fingerprint density at radius 2 is 1.79 bits per heavy atom. The number of rotatable bonds is 6. The van der Waals surface area contributed by atoms with Gasteiger partial charge >= 0.3 is 5.97 Å². The molecule has 0 bridgehead atoms. The van der Waals surface area contributed by atoms with Crippen molar-refractivity contribution in [1.29, 1.82) is 0 Å². The SMILES string of the molecule is Cc1ccc(CNC(=O)[C@@H](C)OC(=O)c2ccc(N3CCCC3=O)cc2)cc1. The van der Waals surface area contributed by atoms with Crippen molar-refractivity contribution in [2.45, 2.75) is 39.3 Å². The average molecular weight is 380 g/mol. The Hall–Kier alpha value is -3.15. The quantitative estimate of drug-likeness (QED) is 0.782. The summed E-state index contributed by atoms with van der Waals surface area (Å²) in [6.45, 7) is 4.61. The van der Waals surface area contributed by atoms with Gasteiger partial charge in [0.05, 0.1) is 5.56 Å². The second-order valence-corrected chi connectivity index (χ2v) is 6.95. The molecule has 0 aliphatic carbocycles. The van der Waals surface area contributed by atoms with Gasteiger partial charge in [0.2, 0.25) is 5.91 Å². The van der Waals surface area contributed by atoms with E-state index in [9.17, 15) is 14.4 Å². The summed E-state index contributed by atoms with van der Waals surface area (Å²) in [6.07, 6.45) is 0.495. The number of carbonyl (C=O) groups is 3. The van der Waals surface area contributed by atoms with E-state index >= 15 is 0 Å². The molecule has 146 valence electrons.